The van der Waals surface area contributed by atoms with E-state index in [-0.39, 0.29) is 30.4 Å². The van der Waals surface area contributed by atoms with Gasteiger partial charge in [-0.3, -0.25) is 19.7 Å². The van der Waals surface area contributed by atoms with Crippen LogP contribution < -0.4 is 20.5 Å². The Labute approximate surface area is 327 Å². The lowest BCUT2D eigenvalue weighted by Gasteiger charge is -2.47. The molecule has 0 spiro atoms. The number of aryl methyl sites for hydroxylation is 1. The van der Waals surface area contributed by atoms with Crippen LogP contribution in [0.15, 0.2) is 54.6 Å². The van der Waals surface area contributed by atoms with Crippen molar-refractivity contribution < 1.29 is 46.9 Å². The second-order valence-electron chi connectivity index (χ2n) is 14.0. The number of ether oxygens (including phenoxy) is 4. The van der Waals surface area contributed by atoms with Gasteiger partial charge in [0.1, 0.15) is 29.5 Å². The van der Waals surface area contributed by atoms with Crippen LogP contribution in [-0.2, 0) is 32.1 Å². The van der Waals surface area contributed by atoms with Gasteiger partial charge in [0.25, 0.3) is 0 Å². The summed E-state index contributed by atoms with van der Waals surface area (Å²) in [7, 11) is 24.6. The molecule has 0 bridgehead atoms. The van der Waals surface area contributed by atoms with E-state index in [1.807, 2.05) is 26.8 Å². The molecule has 286 valence electrons. The van der Waals surface area contributed by atoms with Crippen LogP contribution >= 0.6 is 0 Å². The Bertz CT molecular complexity index is 1820. The van der Waals surface area contributed by atoms with Gasteiger partial charge in [0.15, 0.2) is 17.4 Å². The number of ketones is 1. The number of amides is 2. The molecular formula is C39H46B4F2N2O8. The predicted molar refractivity (Wildman–Crippen MR) is 210 cm³/mol. The van der Waals surface area contributed by atoms with E-state index in [1.165, 1.54) is 20.1 Å². The maximum absolute atomic E-state index is 13.3. The molecule has 2 amide bonds. The van der Waals surface area contributed by atoms with Gasteiger partial charge in [0.05, 0.1) is 44.1 Å². The van der Waals surface area contributed by atoms with E-state index in [0.717, 1.165) is 17.7 Å². The lowest BCUT2D eigenvalue weighted by Crippen LogP contribution is -2.48. The van der Waals surface area contributed by atoms with Crippen LogP contribution in [-0.4, -0.2) is 67.8 Å². The second-order valence-corrected chi connectivity index (χ2v) is 14.0. The van der Waals surface area contributed by atoms with E-state index in [1.54, 1.807) is 51.1 Å². The molecule has 10 nitrogen and oxygen atoms in total. The standard InChI is InChI=1S/C28H29F2NO5.C11H17B4NO3/c1-5-17(3)26(32)25-18(6-2)7-8-19(27(25)34-4)16-35-28(33)31-20-9-11-21(12-10-20)36-22-13-14-23(29)24(30)15-22;1-6(7(16)17)11(14,15)10(13,5-12)8(18)19-9(2,3)4/h7-15,17H,5-6,16H2,1-4H3,(H,31,33);6H,5H2,1-4H3,(H2,16,17). The second kappa shape index (κ2) is 19.7. The number of primary amides is 1. The molecule has 0 aliphatic heterocycles. The zero-order valence-corrected chi connectivity index (χ0v) is 32.6. The van der Waals surface area contributed by atoms with Gasteiger partial charge in [0, 0.05) is 34.5 Å². The lowest BCUT2D eigenvalue weighted by atomic mass is 9.30. The van der Waals surface area contributed by atoms with Crippen LogP contribution in [0.5, 0.6) is 17.2 Å². The fraction of sp³-hybridized carbons (Fsp3) is 0.436. The van der Waals surface area contributed by atoms with E-state index < -0.39 is 51.7 Å². The van der Waals surface area contributed by atoms with Crippen molar-refractivity contribution in [2.45, 2.75) is 90.4 Å². The van der Waals surface area contributed by atoms with E-state index >= 15 is 0 Å². The summed E-state index contributed by atoms with van der Waals surface area (Å²) >= 11 is 0. The van der Waals surface area contributed by atoms with E-state index in [9.17, 15) is 28.0 Å². The maximum atomic E-state index is 13.3. The Morgan fingerprint density at radius 3 is 1.95 bits per heavy atom. The molecule has 0 saturated carbocycles. The lowest BCUT2D eigenvalue weighted by molar-refractivity contribution is -0.159. The molecule has 3 aromatic rings. The highest BCUT2D eigenvalue weighted by Crippen LogP contribution is 2.53. The topological polar surface area (TPSA) is 143 Å². The molecule has 0 saturated heterocycles. The van der Waals surface area contributed by atoms with Gasteiger partial charge in [0.2, 0.25) is 5.91 Å². The molecule has 3 unspecified atom stereocenters. The van der Waals surface area contributed by atoms with Crippen LogP contribution in [0, 0.1) is 23.5 Å². The molecule has 0 aliphatic carbocycles. The number of rotatable bonds is 15. The highest BCUT2D eigenvalue weighted by Gasteiger charge is 2.50. The summed E-state index contributed by atoms with van der Waals surface area (Å²) < 4.78 is 48.0. The fourth-order valence-corrected chi connectivity index (χ4v) is 5.02. The third-order valence-corrected chi connectivity index (χ3v) is 8.80. The number of hydrogen-bond acceptors (Lipinski definition) is 8. The minimum absolute atomic E-state index is 0.00295. The number of hydrogen-bond donors (Lipinski definition) is 2. The number of esters is 1. The quantitative estimate of drug-likeness (QED) is 0.0950. The molecule has 0 aliphatic rings. The molecule has 0 aromatic heterocycles. The largest absolute Gasteiger partial charge is 0.496 e. The first-order valence-corrected chi connectivity index (χ1v) is 17.6. The average Bonchev–Trinajstić information content (AvgIpc) is 3.13. The Morgan fingerprint density at radius 1 is 0.873 bits per heavy atom. The number of nitrogens with two attached hydrogens (primary N) is 1. The van der Waals surface area contributed by atoms with Gasteiger partial charge < -0.3 is 24.7 Å². The molecule has 0 heterocycles. The Morgan fingerprint density at radius 2 is 1.45 bits per heavy atom. The number of carbonyl (C=O) groups excluding carboxylic acids is 4. The van der Waals surface area contributed by atoms with Crippen molar-refractivity contribution in [3.05, 3.63) is 82.9 Å². The summed E-state index contributed by atoms with van der Waals surface area (Å²) in [6, 6.07) is 13.2. The van der Waals surface area contributed by atoms with Crippen molar-refractivity contribution in [2.75, 3.05) is 12.4 Å². The molecular weight excluding hydrogens is 706 g/mol. The number of benzene rings is 3. The SMILES string of the molecule is CCc1ccc(COC(=O)Nc2ccc(Oc3ccc(F)c(F)c3)cc2)c(OC)c1C(=O)C(C)CC.[B]CC([B])(C(=O)OC(C)(C)C)C([B])([B])C(C)C(N)=O. The zero-order valence-electron chi connectivity index (χ0n) is 32.6. The van der Waals surface area contributed by atoms with Crippen LogP contribution in [0.3, 0.4) is 0 Å². The van der Waals surface area contributed by atoms with Crippen molar-refractivity contribution in [3.63, 3.8) is 0 Å². The van der Waals surface area contributed by atoms with E-state index in [0.29, 0.717) is 41.2 Å². The van der Waals surface area contributed by atoms with Crippen LogP contribution in [0.2, 0.25) is 16.8 Å². The van der Waals surface area contributed by atoms with Crippen molar-refractivity contribution in [1.82, 2.24) is 0 Å². The molecule has 3 rings (SSSR count). The first-order chi connectivity index (χ1) is 25.6. The first kappa shape index (κ1) is 46.4. The number of carbonyl (C=O) groups is 4. The number of nitrogens with one attached hydrogen (secondary N) is 1. The molecule has 3 aromatic carbocycles. The van der Waals surface area contributed by atoms with E-state index in [4.69, 9.17) is 56.1 Å². The van der Waals surface area contributed by atoms with E-state index in [2.05, 4.69) is 5.32 Å². The normalized spacial score (nSPS) is 13.5. The maximum Gasteiger partial charge on any atom is 0.411 e. The minimum Gasteiger partial charge on any atom is -0.496 e. The highest BCUT2D eigenvalue weighted by molar-refractivity contribution is 6.51. The summed E-state index contributed by atoms with van der Waals surface area (Å²) in [6.07, 6.45) is 0.303. The van der Waals surface area contributed by atoms with Crippen LogP contribution in [0.25, 0.3) is 0 Å². The molecule has 3 atom stereocenters. The molecule has 3 N–H and O–H groups in total. The smallest absolute Gasteiger partial charge is 0.411 e. The number of Topliss-reactive ketones (excluding diaryl/α,β-unsaturated/α-hetero) is 1. The van der Waals surface area contributed by atoms with Gasteiger partial charge >= 0.3 is 12.1 Å². The van der Waals surface area contributed by atoms with Gasteiger partial charge in [-0.05, 0) is 75.6 Å². The molecule has 0 fully saturated rings. The Balaban J connectivity index is 0.000000467. The molecule has 8 radical (unpaired) electrons. The predicted octanol–water partition coefficient (Wildman–Crippen LogP) is 7.12. The highest BCUT2D eigenvalue weighted by atomic mass is 19.2. The summed E-state index contributed by atoms with van der Waals surface area (Å²) in [5.41, 5.74) is 6.82. The number of methoxy groups -OCH3 is 1. The van der Waals surface area contributed by atoms with Gasteiger partial charge in [-0.1, -0.05) is 51.4 Å². The van der Waals surface area contributed by atoms with Crippen molar-refractivity contribution in [3.8, 4) is 17.2 Å². The average molecular weight is 752 g/mol. The third-order valence-electron chi connectivity index (χ3n) is 8.80. The van der Waals surface area contributed by atoms with Crippen LogP contribution in [0.1, 0.15) is 76.4 Å². The fourth-order valence-electron chi connectivity index (χ4n) is 5.02. The number of anilines is 1. The van der Waals surface area contributed by atoms with Gasteiger partial charge in [-0.2, -0.15) is 0 Å². The Hall–Kier alpha value is -4.74. The monoisotopic (exact) mass is 752 g/mol. The van der Waals surface area contributed by atoms with Crippen molar-refractivity contribution in [2.24, 2.45) is 17.6 Å². The van der Waals surface area contributed by atoms with Crippen molar-refractivity contribution >= 4 is 60.8 Å². The summed E-state index contributed by atoms with van der Waals surface area (Å²) in [5, 5.41) is -1.23. The minimum atomic E-state index is -1.92. The number of halogens is 2. The summed E-state index contributed by atoms with van der Waals surface area (Å²) in [4.78, 5) is 48.7. The Kier molecular flexibility index (Phi) is 16.6. The zero-order chi connectivity index (χ0) is 41.9. The third kappa shape index (κ3) is 12.1. The summed E-state index contributed by atoms with van der Waals surface area (Å²) in [6.45, 7) is 12.1. The summed E-state index contributed by atoms with van der Waals surface area (Å²) in [5.74, 6) is -3.90. The molecule has 55 heavy (non-hydrogen) atoms. The molecule has 16 heteroatoms. The van der Waals surface area contributed by atoms with Gasteiger partial charge in [-0.25, -0.2) is 13.6 Å². The van der Waals surface area contributed by atoms with Crippen LogP contribution in [0.4, 0.5) is 19.3 Å². The van der Waals surface area contributed by atoms with Crippen molar-refractivity contribution in [1.29, 1.82) is 0 Å². The first-order valence-electron chi connectivity index (χ1n) is 17.6. The van der Waals surface area contributed by atoms with Gasteiger partial charge in [-0.15, -0.1) is 0 Å².